The van der Waals surface area contributed by atoms with Crippen molar-refractivity contribution in [1.82, 2.24) is 0 Å². The van der Waals surface area contributed by atoms with Crippen molar-refractivity contribution in [2.45, 2.75) is 38.0 Å². The number of nitrogens with zero attached hydrogens (tertiary/aromatic N) is 1. The fourth-order valence-corrected chi connectivity index (χ4v) is 3.04. The smallest absolute Gasteiger partial charge is 0.246 e. The van der Waals surface area contributed by atoms with Crippen LogP contribution >= 0.6 is 11.8 Å². The highest BCUT2D eigenvalue weighted by Crippen LogP contribution is 2.37. The average Bonchev–Trinajstić information content (AvgIpc) is 2.52. The average molecular weight is 325 g/mol. The van der Waals surface area contributed by atoms with Gasteiger partial charge < -0.3 is 9.47 Å². The summed E-state index contributed by atoms with van der Waals surface area (Å²) in [7, 11) is 3.17. The number of hydrogen-bond acceptors (Lipinski definition) is 5. The molecular formula is C16H23NO4S. The van der Waals surface area contributed by atoms with E-state index in [1.807, 2.05) is 6.07 Å². The largest absolute Gasteiger partial charge is 0.496 e. The van der Waals surface area contributed by atoms with Crippen LogP contribution in [-0.4, -0.2) is 24.9 Å². The molecule has 0 fully saturated rings. The number of ether oxygens (including phenoxy) is 2. The van der Waals surface area contributed by atoms with E-state index in [0.717, 1.165) is 23.5 Å². The first-order valence-corrected chi connectivity index (χ1v) is 8.29. The number of methoxy groups -OCH3 is 2. The highest BCUT2D eigenvalue weighted by Gasteiger charge is 2.14. The lowest BCUT2D eigenvalue weighted by Crippen LogP contribution is -1.98. The second-order valence-corrected chi connectivity index (χ2v) is 5.83. The van der Waals surface area contributed by atoms with Crippen LogP contribution in [-0.2, 0) is 0 Å². The normalized spacial score (nSPS) is 11.4. The van der Waals surface area contributed by atoms with E-state index < -0.39 is 0 Å². The number of allylic oxidation sites excluding steroid dienone is 1. The number of hydrogen-bond donors (Lipinski definition) is 0. The molecule has 0 radical (unpaired) electrons. The van der Waals surface area contributed by atoms with E-state index in [0.29, 0.717) is 23.5 Å². The van der Waals surface area contributed by atoms with Gasteiger partial charge in [0.05, 0.1) is 24.0 Å². The Morgan fingerprint density at radius 2 is 1.95 bits per heavy atom. The Labute approximate surface area is 135 Å². The Hall–Kier alpha value is -1.69. The minimum atomic E-state index is -0.365. The van der Waals surface area contributed by atoms with E-state index in [-0.39, 0.29) is 10.6 Å². The van der Waals surface area contributed by atoms with Crippen molar-refractivity contribution >= 4 is 17.8 Å². The predicted molar refractivity (Wildman–Crippen MR) is 90.4 cm³/mol. The first kappa shape index (κ1) is 18.4. The van der Waals surface area contributed by atoms with Crippen LogP contribution in [0.25, 0.3) is 6.08 Å². The molecular weight excluding hydrogens is 302 g/mol. The summed E-state index contributed by atoms with van der Waals surface area (Å²) in [5.41, 5.74) is 0.805. The molecule has 0 unspecified atom stereocenters. The van der Waals surface area contributed by atoms with Gasteiger partial charge in [-0.25, -0.2) is 0 Å². The van der Waals surface area contributed by atoms with Crippen molar-refractivity contribution in [2.24, 2.45) is 0 Å². The molecule has 6 heteroatoms. The topological polar surface area (TPSA) is 61.6 Å². The number of unbranched alkanes of at least 4 members (excludes halogenated alkanes) is 1. The van der Waals surface area contributed by atoms with Crippen LogP contribution in [0.2, 0.25) is 0 Å². The molecule has 1 rings (SSSR count). The van der Waals surface area contributed by atoms with Crippen molar-refractivity contribution < 1.29 is 14.4 Å². The SMILES string of the molecule is CCCCSc1cc(OC)c(/C=C(\CC)[N+](=O)[O-])cc1OC. The molecule has 0 N–H and O–H groups in total. The fourth-order valence-electron chi connectivity index (χ4n) is 1.91. The van der Waals surface area contributed by atoms with Crippen LogP contribution in [0.5, 0.6) is 11.5 Å². The third-order valence-corrected chi connectivity index (χ3v) is 4.31. The monoisotopic (exact) mass is 325 g/mol. The first-order valence-electron chi connectivity index (χ1n) is 7.31. The van der Waals surface area contributed by atoms with Gasteiger partial charge in [-0.3, -0.25) is 10.1 Å². The standard InChI is InChI=1S/C16H23NO4S/c1-5-7-8-22-16-11-14(20-3)12(10-15(16)21-4)9-13(6-2)17(18)19/h9-11H,5-8H2,1-4H3/b13-9+. The fraction of sp³-hybridized carbons (Fsp3) is 0.500. The van der Waals surface area contributed by atoms with E-state index in [4.69, 9.17) is 9.47 Å². The Morgan fingerprint density at radius 3 is 2.45 bits per heavy atom. The molecule has 0 atom stereocenters. The highest BCUT2D eigenvalue weighted by atomic mass is 32.2. The quantitative estimate of drug-likeness (QED) is 0.287. The van der Waals surface area contributed by atoms with Gasteiger partial charge in [0.1, 0.15) is 11.5 Å². The van der Waals surface area contributed by atoms with Gasteiger partial charge in [0.15, 0.2) is 0 Å². The minimum absolute atomic E-state index is 0.145. The maximum Gasteiger partial charge on any atom is 0.246 e. The summed E-state index contributed by atoms with van der Waals surface area (Å²) in [6, 6.07) is 3.69. The summed E-state index contributed by atoms with van der Waals surface area (Å²) in [5, 5.41) is 11.0. The Morgan fingerprint density at radius 1 is 1.27 bits per heavy atom. The van der Waals surface area contributed by atoms with E-state index in [2.05, 4.69) is 6.92 Å². The van der Waals surface area contributed by atoms with Crippen molar-refractivity contribution in [1.29, 1.82) is 0 Å². The molecule has 0 aliphatic carbocycles. The summed E-state index contributed by atoms with van der Waals surface area (Å²) in [6.07, 6.45) is 4.16. The van der Waals surface area contributed by atoms with Crippen molar-refractivity contribution in [3.8, 4) is 11.5 Å². The zero-order valence-corrected chi connectivity index (χ0v) is 14.4. The summed E-state index contributed by atoms with van der Waals surface area (Å²) in [4.78, 5) is 11.6. The molecule has 1 aromatic carbocycles. The zero-order valence-electron chi connectivity index (χ0n) is 13.5. The van der Waals surface area contributed by atoms with E-state index in [1.165, 1.54) is 0 Å². The molecule has 0 saturated heterocycles. The third-order valence-electron chi connectivity index (χ3n) is 3.19. The molecule has 0 spiro atoms. The predicted octanol–water partition coefficient (Wildman–Crippen LogP) is 4.62. The lowest BCUT2D eigenvalue weighted by molar-refractivity contribution is -0.425. The Bertz CT molecular complexity index is 543. The summed E-state index contributed by atoms with van der Waals surface area (Å²) in [5.74, 6) is 2.33. The molecule has 0 aliphatic rings. The number of thioether (sulfide) groups is 1. The van der Waals surface area contributed by atoms with E-state index in [1.54, 1.807) is 45.0 Å². The molecule has 5 nitrogen and oxygen atoms in total. The Balaban J connectivity index is 3.21. The highest BCUT2D eigenvalue weighted by molar-refractivity contribution is 7.99. The van der Waals surface area contributed by atoms with Gasteiger partial charge in [-0.1, -0.05) is 20.3 Å². The molecule has 122 valence electrons. The van der Waals surface area contributed by atoms with Gasteiger partial charge in [-0.2, -0.15) is 0 Å². The van der Waals surface area contributed by atoms with Gasteiger partial charge >= 0.3 is 0 Å². The first-order chi connectivity index (χ1) is 10.6. The molecule has 0 heterocycles. The van der Waals surface area contributed by atoms with Gasteiger partial charge in [-0.05, 0) is 24.3 Å². The zero-order chi connectivity index (χ0) is 16.5. The molecule has 1 aromatic rings. The van der Waals surface area contributed by atoms with Gasteiger partial charge in [0.2, 0.25) is 5.70 Å². The van der Waals surface area contributed by atoms with Crippen molar-refractivity contribution in [3.63, 3.8) is 0 Å². The van der Waals surface area contributed by atoms with Crippen molar-refractivity contribution in [2.75, 3.05) is 20.0 Å². The number of benzene rings is 1. The lowest BCUT2D eigenvalue weighted by atomic mass is 10.1. The van der Waals surface area contributed by atoms with Crippen LogP contribution in [0.1, 0.15) is 38.7 Å². The molecule has 22 heavy (non-hydrogen) atoms. The molecule has 0 saturated carbocycles. The van der Waals surface area contributed by atoms with Crippen LogP contribution in [0, 0.1) is 10.1 Å². The lowest BCUT2D eigenvalue weighted by Gasteiger charge is -2.13. The maximum atomic E-state index is 11.0. The summed E-state index contributed by atoms with van der Waals surface area (Å²) >= 11 is 1.71. The third kappa shape index (κ3) is 4.94. The van der Waals surface area contributed by atoms with Crippen molar-refractivity contribution in [3.05, 3.63) is 33.5 Å². The van der Waals surface area contributed by atoms with E-state index >= 15 is 0 Å². The minimum Gasteiger partial charge on any atom is -0.496 e. The van der Waals surface area contributed by atoms with Gasteiger partial charge in [0.25, 0.3) is 0 Å². The van der Waals surface area contributed by atoms with Crippen LogP contribution in [0.3, 0.4) is 0 Å². The molecule has 0 aromatic heterocycles. The summed E-state index contributed by atoms with van der Waals surface area (Å²) < 4.78 is 10.8. The number of nitro groups is 1. The van der Waals surface area contributed by atoms with Crippen LogP contribution in [0.15, 0.2) is 22.7 Å². The van der Waals surface area contributed by atoms with Gasteiger partial charge in [-0.15, -0.1) is 11.8 Å². The molecule has 0 amide bonds. The summed E-state index contributed by atoms with van der Waals surface area (Å²) in [6.45, 7) is 3.91. The number of rotatable bonds is 9. The molecule has 0 bridgehead atoms. The Kier molecular flexibility index (Phi) is 7.80. The second-order valence-electron chi connectivity index (χ2n) is 4.69. The van der Waals surface area contributed by atoms with E-state index in [9.17, 15) is 10.1 Å². The van der Waals surface area contributed by atoms with Crippen LogP contribution in [0.4, 0.5) is 0 Å². The van der Waals surface area contributed by atoms with Crippen LogP contribution < -0.4 is 9.47 Å². The second kappa shape index (κ2) is 9.35. The molecule has 0 aliphatic heterocycles. The maximum absolute atomic E-state index is 11.0. The van der Waals surface area contributed by atoms with Gasteiger partial charge in [0, 0.05) is 18.1 Å².